The summed E-state index contributed by atoms with van der Waals surface area (Å²) < 4.78 is 6.20. The van der Waals surface area contributed by atoms with Crippen molar-refractivity contribution in [2.75, 3.05) is 11.9 Å². The summed E-state index contributed by atoms with van der Waals surface area (Å²) in [7, 11) is 0. The van der Waals surface area contributed by atoms with Crippen molar-refractivity contribution in [1.29, 1.82) is 0 Å². The van der Waals surface area contributed by atoms with Crippen LogP contribution < -0.4 is 5.32 Å². The quantitative estimate of drug-likeness (QED) is 0.780. The summed E-state index contributed by atoms with van der Waals surface area (Å²) in [6.07, 6.45) is 0. The zero-order valence-corrected chi connectivity index (χ0v) is 12.8. The maximum absolute atomic E-state index is 12.1. The minimum absolute atomic E-state index is 0.141. The number of hydrogen-bond donors (Lipinski definition) is 2. The molecule has 0 fully saturated rings. The molecule has 106 valence electrons. The smallest absolute Gasteiger partial charge is 0.337 e. The van der Waals surface area contributed by atoms with Gasteiger partial charge in [-0.15, -0.1) is 0 Å². The average Bonchev–Trinajstić information content (AvgIpc) is 3.03. The number of esters is 1. The number of aromatic nitrogens is 2. The molecule has 0 aliphatic carbocycles. The minimum Gasteiger partial charge on any atom is -0.456 e. The fourth-order valence-corrected chi connectivity index (χ4v) is 3.24. The molecule has 2 aliphatic heterocycles. The molecule has 1 aromatic carbocycles. The highest BCUT2D eigenvalue weighted by Gasteiger charge is 2.40. The molecule has 0 radical (unpaired) electrons. The standard InChI is InChI=1S/C15H12BrN3O2/c1-7-11-12(8-2-4-9(16)5-3-8)13-10(6-21-15(13)20)17-14(11)19-18-7/h2-5,12H,6H2,1H3,(H2,17,18,19)/t12-/m0/s1. The molecule has 5 nitrogen and oxygen atoms in total. The van der Waals surface area contributed by atoms with Gasteiger partial charge in [-0.3, -0.25) is 5.10 Å². The number of halogens is 1. The molecule has 0 spiro atoms. The van der Waals surface area contributed by atoms with Crippen molar-refractivity contribution < 1.29 is 9.53 Å². The van der Waals surface area contributed by atoms with E-state index < -0.39 is 0 Å². The Bertz CT molecular complexity index is 777. The van der Waals surface area contributed by atoms with Gasteiger partial charge in [0.05, 0.1) is 11.3 Å². The first-order valence-electron chi connectivity index (χ1n) is 6.62. The number of fused-ring (bicyclic) bond motifs is 1. The average molecular weight is 346 g/mol. The molecule has 1 aromatic heterocycles. The van der Waals surface area contributed by atoms with Gasteiger partial charge in [0.15, 0.2) is 5.82 Å². The highest BCUT2D eigenvalue weighted by atomic mass is 79.9. The van der Waals surface area contributed by atoms with E-state index in [-0.39, 0.29) is 18.5 Å². The Kier molecular flexibility index (Phi) is 2.68. The van der Waals surface area contributed by atoms with Crippen LogP contribution in [0.4, 0.5) is 5.82 Å². The van der Waals surface area contributed by atoms with E-state index in [0.29, 0.717) is 5.57 Å². The summed E-state index contributed by atoms with van der Waals surface area (Å²) >= 11 is 3.44. The summed E-state index contributed by atoms with van der Waals surface area (Å²) in [5, 5.41) is 10.5. The molecule has 0 unspecified atom stereocenters. The molecule has 0 saturated carbocycles. The molecule has 6 heteroatoms. The number of aryl methyl sites for hydroxylation is 1. The monoisotopic (exact) mass is 345 g/mol. The van der Waals surface area contributed by atoms with Gasteiger partial charge in [-0.05, 0) is 24.6 Å². The van der Waals surface area contributed by atoms with Crippen molar-refractivity contribution in [2.45, 2.75) is 12.8 Å². The second-order valence-corrected chi connectivity index (χ2v) is 6.10. The van der Waals surface area contributed by atoms with E-state index in [4.69, 9.17) is 4.74 Å². The van der Waals surface area contributed by atoms with E-state index in [1.54, 1.807) is 0 Å². The number of cyclic esters (lactones) is 1. The van der Waals surface area contributed by atoms with Crippen molar-refractivity contribution in [3.63, 3.8) is 0 Å². The highest BCUT2D eigenvalue weighted by molar-refractivity contribution is 9.10. The second-order valence-electron chi connectivity index (χ2n) is 5.19. The van der Waals surface area contributed by atoms with Crippen LogP contribution in [0.3, 0.4) is 0 Å². The molecular formula is C15H12BrN3O2. The number of hydrogen-bond acceptors (Lipinski definition) is 4. The lowest BCUT2D eigenvalue weighted by Crippen LogP contribution is -2.19. The van der Waals surface area contributed by atoms with Gasteiger partial charge in [-0.1, -0.05) is 28.1 Å². The van der Waals surface area contributed by atoms with Gasteiger partial charge in [0.1, 0.15) is 6.61 Å². The first-order valence-corrected chi connectivity index (χ1v) is 7.42. The maximum Gasteiger partial charge on any atom is 0.337 e. The fraction of sp³-hybridized carbons (Fsp3) is 0.200. The fourth-order valence-electron chi connectivity index (χ4n) is 2.97. The Labute approximate surface area is 129 Å². The molecule has 21 heavy (non-hydrogen) atoms. The number of H-pyrrole nitrogens is 1. The molecule has 4 rings (SSSR count). The number of rotatable bonds is 1. The van der Waals surface area contributed by atoms with Crippen molar-refractivity contribution >= 4 is 27.7 Å². The van der Waals surface area contributed by atoms with E-state index >= 15 is 0 Å². The SMILES string of the molecule is Cc1[nH]nc2c1[C@H](c1ccc(Br)cc1)C1=C(COC1=O)N2. The molecule has 0 amide bonds. The predicted molar refractivity (Wildman–Crippen MR) is 80.9 cm³/mol. The summed E-state index contributed by atoms with van der Waals surface area (Å²) in [6.45, 7) is 2.25. The second kappa shape index (κ2) is 4.46. The molecule has 2 N–H and O–H groups in total. The van der Waals surface area contributed by atoms with Crippen LogP contribution >= 0.6 is 15.9 Å². The lowest BCUT2D eigenvalue weighted by Gasteiger charge is -2.24. The summed E-state index contributed by atoms with van der Waals surface area (Å²) in [4.78, 5) is 12.1. The van der Waals surface area contributed by atoms with Gasteiger partial charge in [-0.2, -0.15) is 5.10 Å². The molecule has 2 aliphatic rings. The van der Waals surface area contributed by atoms with E-state index in [1.807, 2.05) is 31.2 Å². The number of anilines is 1. The largest absolute Gasteiger partial charge is 0.456 e. The van der Waals surface area contributed by atoms with Gasteiger partial charge < -0.3 is 10.1 Å². The normalized spacial score (nSPS) is 19.9. The Morgan fingerprint density at radius 1 is 1.33 bits per heavy atom. The van der Waals surface area contributed by atoms with Crippen molar-refractivity contribution in [3.05, 3.63) is 56.8 Å². The Morgan fingerprint density at radius 2 is 2.10 bits per heavy atom. The zero-order valence-electron chi connectivity index (χ0n) is 11.2. The van der Waals surface area contributed by atoms with Crippen LogP contribution in [0.1, 0.15) is 22.7 Å². The number of nitrogens with zero attached hydrogens (tertiary/aromatic N) is 1. The van der Waals surface area contributed by atoms with Crippen LogP contribution in [0.5, 0.6) is 0 Å². The Hall–Kier alpha value is -2.08. The van der Waals surface area contributed by atoms with Crippen LogP contribution in [0.25, 0.3) is 0 Å². The van der Waals surface area contributed by atoms with E-state index in [9.17, 15) is 4.79 Å². The third-order valence-corrected chi connectivity index (χ3v) is 4.47. The van der Waals surface area contributed by atoms with Crippen molar-refractivity contribution in [1.82, 2.24) is 10.2 Å². The number of ether oxygens (including phenoxy) is 1. The predicted octanol–water partition coefficient (Wildman–Crippen LogP) is 2.85. The summed E-state index contributed by atoms with van der Waals surface area (Å²) in [5.74, 6) is 0.382. The molecule has 1 atom stereocenters. The van der Waals surface area contributed by atoms with Crippen LogP contribution in [0.2, 0.25) is 0 Å². The van der Waals surface area contributed by atoms with Gasteiger partial charge in [0.2, 0.25) is 0 Å². The summed E-state index contributed by atoms with van der Waals surface area (Å²) in [5.41, 5.74) is 4.52. The molecule has 3 heterocycles. The first-order chi connectivity index (χ1) is 10.1. The lowest BCUT2D eigenvalue weighted by atomic mass is 9.82. The van der Waals surface area contributed by atoms with Gasteiger partial charge in [-0.25, -0.2) is 4.79 Å². The Morgan fingerprint density at radius 3 is 2.86 bits per heavy atom. The number of benzene rings is 1. The first kappa shape index (κ1) is 12.6. The third-order valence-electron chi connectivity index (χ3n) is 3.94. The van der Waals surface area contributed by atoms with Crippen molar-refractivity contribution in [2.24, 2.45) is 0 Å². The molecular weight excluding hydrogens is 334 g/mol. The maximum atomic E-state index is 12.1. The number of carbonyl (C=O) groups excluding carboxylic acids is 1. The van der Waals surface area contributed by atoms with Crippen LogP contribution in [0, 0.1) is 6.92 Å². The highest BCUT2D eigenvalue weighted by Crippen LogP contribution is 2.44. The zero-order chi connectivity index (χ0) is 14.6. The van der Waals surface area contributed by atoms with Crippen LogP contribution in [0.15, 0.2) is 40.0 Å². The third kappa shape index (κ3) is 1.82. The minimum atomic E-state index is -0.253. The van der Waals surface area contributed by atoms with E-state index in [2.05, 4.69) is 31.4 Å². The lowest BCUT2D eigenvalue weighted by molar-refractivity contribution is -0.136. The summed E-state index contributed by atoms with van der Waals surface area (Å²) in [6, 6.07) is 8.00. The van der Waals surface area contributed by atoms with Gasteiger partial charge >= 0.3 is 5.97 Å². The number of aromatic amines is 1. The van der Waals surface area contributed by atoms with Gasteiger partial charge in [0.25, 0.3) is 0 Å². The van der Waals surface area contributed by atoms with E-state index in [0.717, 1.165) is 32.8 Å². The van der Waals surface area contributed by atoms with Gasteiger partial charge in [0, 0.05) is 21.6 Å². The molecule has 2 aromatic rings. The van der Waals surface area contributed by atoms with Crippen LogP contribution in [-0.4, -0.2) is 22.8 Å². The Balaban J connectivity index is 1.94. The number of nitrogens with one attached hydrogen (secondary N) is 2. The van der Waals surface area contributed by atoms with Crippen LogP contribution in [-0.2, 0) is 9.53 Å². The number of carbonyl (C=O) groups is 1. The van der Waals surface area contributed by atoms with Crippen molar-refractivity contribution in [3.8, 4) is 0 Å². The molecule has 0 bridgehead atoms. The molecule has 0 saturated heterocycles. The van der Waals surface area contributed by atoms with E-state index in [1.165, 1.54) is 0 Å². The topological polar surface area (TPSA) is 67.0 Å².